The predicted octanol–water partition coefficient (Wildman–Crippen LogP) is 2.35. The summed E-state index contributed by atoms with van der Waals surface area (Å²) in [5.41, 5.74) is 0. The molecule has 0 aromatic heterocycles. The van der Waals surface area contributed by atoms with Crippen molar-refractivity contribution in [2.24, 2.45) is 0 Å². The third-order valence-corrected chi connectivity index (χ3v) is 1.65. The van der Waals surface area contributed by atoms with Gasteiger partial charge in [0.1, 0.15) is 6.61 Å². The largest absolute Gasteiger partial charge is 0.464 e. The zero-order valence-corrected chi connectivity index (χ0v) is 10.2. The third kappa shape index (κ3) is 9.52. The summed E-state index contributed by atoms with van der Waals surface area (Å²) in [6, 6.07) is 0.406. The Hall–Kier alpha value is -0.570. The van der Waals surface area contributed by atoms with Crippen molar-refractivity contribution in [2.45, 2.75) is 53.5 Å². The predicted molar refractivity (Wildman–Crippen MR) is 60.4 cm³/mol. The van der Waals surface area contributed by atoms with Crippen molar-refractivity contribution < 1.29 is 9.53 Å². The lowest BCUT2D eigenvalue weighted by Gasteiger charge is -2.08. The van der Waals surface area contributed by atoms with Gasteiger partial charge < -0.3 is 10.1 Å². The van der Waals surface area contributed by atoms with E-state index in [2.05, 4.69) is 5.32 Å². The van der Waals surface area contributed by atoms with Crippen LogP contribution in [0.25, 0.3) is 0 Å². The molecule has 0 amide bonds. The summed E-state index contributed by atoms with van der Waals surface area (Å²) in [6.07, 6.45) is 2.33. The van der Waals surface area contributed by atoms with Crippen LogP contribution >= 0.6 is 0 Å². The van der Waals surface area contributed by atoms with Crippen LogP contribution < -0.4 is 5.32 Å². The molecule has 1 aliphatic rings. The minimum Gasteiger partial charge on any atom is -0.464 e. The highest BCUT2D eigenvalue weighted by Gasteiger charge is 2.14. The fourth-order valence-electron chi connectivity index (χ4n) is 1.12. The molecule has 3 heteroatoms. The zero-order valence-electron chi connectivity index (χ0n) is 10.2. The summed E-state index contributed by atoms with van der Waals surface area (Å²) in [4.78, 5) is 10.4. The molecule has 1 N–H and O–H groups in total. The number of esters is 1. The molecule has 0 bridgehead atoms. The molecular formula is C11H25NO2. The molecule has 1 saturated heterocycles. The molecule has 1 atom stereocenters. The Morgan fingerprint density at radius 1 is 1.36 bits per heavy atom. The van der Waals surface area contributed by atoms with Crippen LogP contribution in [0.2, 0.25) is 0 Å². The monoisotopic (exact) mass is 203 g/mol. The van der Waals surface area contributed by atoms with Crippen molar-refractivity contribution in [3.05, 3.63) is 0 Å². The average molecular weight is 203 g/mol. The summed E-state index contributed by atoms with van der Waals surface area (Å²) < 4.78 is 4.82. The van der Waals surface area contributed by atoms with Gasteiger partial charge in [0.15, 0.2) is 0 Å². The molecule has 1 unspecified atom stereocenters. The second-order valence-electron chi connectivity index (χ2n) is 2.60. The molecule has 1 heterocycles. The fourth-order valence-corrected chi connectivity index (χ4v) is 1.12. The van der Waals surface area contributed by atoms with Crippen LogP contribution in [0.4, 0.5) is 0 Å². The number of hydrogen-bond acceptors (Lipinski definition) is 3. The van der Waals surface area contributed by atoms with Crippen molar-refractivity contribution in [3.63, 3.8) is 0 Å². The summed E-state index contributed by atoms with van der Waals surface area (Å²) >= 11 is 0. The van der Waals surface area contributed by atoms with Gasteiger partial charge in [-0.25, -0.2) is 0 Å². The van der Waals surface area contributed by atoms with E-state index in [-0.39, 0.29) is 5.97 Å². The maximum absolute atomic E-state index is 10.4. The molecule has 1 rings (SSSR count). The summed E-state index contributed by atoms with van der Waals surface area (Å²) in [6.45, 7) is 11.0. The van der Waals surface area contributed by atoms with E-state index in [4.69, 9.17) is 4.74 Å². The molecule has 0 aromatic rings. The van der Waals surface area contributed by atoms with Crippen molar-refractivity contribution in [2.75, 3.05) is 13.2 Å². The van der Waals surface area contributed by atoms with E-state index in [0.717, 1.165) is 13.0 Å². The standard InChI is InChI=1S/C7H13NO2.2C2H6/c1-6(9)10-5-7-3-2-4-8-7;2*1-2/h7-8H,2-5H2,1H3;2*1-2H3. The van der Waals surface area contributed by atoms with Crippen LogP contribution in [0.1, 0.15) is 47.5 Å². The quantitative estimate of drug-likeness (QED) is 0.700. The molecule has 1 aliphatic heterocycles. The van der Waals surface area contributed by atoms with E-state index in [9.17, 15) is 4.79 Å². The molecule has 0 aliphatic carbocycles. The van der Waals surface area contributed by atoms with Crippen molar-refractivity contribution in [1.29, 1.82) is 0 Å². The molecule has 0 radical (unpaired) electrons. The highest BCUT2D eigenvalue weighted by atomic mass is 16.5. The molecule has 14 heavy (non-hydrogen) atoms. The number of ether oxygens (including phenoxy) is 1. The minimum atomic E-state index is -0.186. The van der Waals surface area contributed by atoms with Crippen LogP contribution in [0, 0.1) is 0 Å². The van der Waals surface area contributed by atoms with Gasteiger partial charge in [-0.15, -0.1) is 0 Å². The van der Waals surface area contributed by atoms with Crippen LogP contribution in [0.15, 0.2) is 0 Å². The summed E-state index contributed by atoms with van der Waals surface area (Å²) in [7, 11) is 0. The van der Waals surface area contributed by atoms with E-state index in [1.54, 1.807) is 0 Å². The maximum Gasteiger partial charge on any atom is 0.302 e. The van der Waals surface area contributed by atoms with Crippen molar-refractivity contribution >= 4 is 5.97 Å². The van der Waals surface area contributed by atoms with E-state index in [0.29, 0.717) is 12.6 Å². The zero-order chi connectivity index (χ0) is 11.4. The van der Waals surface area contributed by atoms with Crippen molar-refractivity contribution in [1.82, 2.24) is 5.32 Å². The summed E-state index contributed by atoms with van der Waals surface area (Å²) in [5, 5.41) is 3.23. The Kier molecular flexibility index (Phi) is 14.1. The lowest BCUT2D eigenvalue weighted by molar-refractivity contribution is -0.141. The Morgan fingerprint density at radius 2 is 1.93 bits per heavy atom. The number of rotatable bonds is 2. The Labute approximate surface area is 88.2 Å². The lowest BCUT2D eigenvalue weighted by atomic mass is 10.2. The van der Waals surface area contributed by atoms with Gasteiger partial charge in [0.25, 0.3) is 0 Å². The first-order valence-electron chi connectivity index (χ1n) is 5.66. The van der Waals surface area contributed by atoms with Gasteiger partial charge in [-0.2, -0.15) is 0 Å². The molecule has 1 fully saturated rings. The molecule has 0 spiro atoms. The van der Waals surface area contributed by atoms with Gasteiger partial charge in [-0.3, -0.25) is 4.79 Å². The normalized spacial score (nSPS) is 18.5. The van der Waals surface area contributed by atoms with Gasteiger partial charge >= 0.3 is 5.97 Å². The second-order valence-corrected chi connectivity index (χ2v) is 2.60. The Bertz CT molecular complexity index is 120. The molecule has 0 aromatic carbocycles. The van der Waals surface area contributed by atoms with E-state index >= 15 is 0 Å². The maximum atomic E-state index is 10.4. The molecule has 3 nitrogen and oxygen atoms in total. The van der Waals surface area contributed by atoms with E-state index in [1.807, 2.05) is 27.7 Å². The van der Waals surface area contributed by atoms with Gasteiger partial charge in [0, 0.05) is 13.0 Å². The number of hydrogen-bond donors (Lipinski definition) is 1. The van der Waals surface area contributed by atoms with E-state index < -0.39 is 0 Å². The number of carbonyl (C=O) groups excluding carboxylic acids is 1. The van der Waals surface area contributed by atoms with Crippen LogP contribution in [0.3, 0.4) is 0 Å². The smallest absolute Gasteiger partial charge is 0.302 e. The minimum absolute atomic E-state index is 0.186. The Morgan fingerprint density at radius 3 is 2.29 bits per heavy atom. The summed E-state index contributed by atoms with van der Waals surface area (Å²) in [5.74, 6) is -0.186. The second kappa shape index (κ2) is 12.4. The Balaban J connectivity index is 0. The first-order valence-corrected chi connectivity index (χ1v) is 5.66. The topological polar surface area (TPSA) is 38.3 Å². The average Bonchev–Trinajstić information content (AvgIpc) is 2.73. The van der Waals surface area contributed by atoms with Crippen molar-refractivity contribution in [3.8, 4) is 0 Å². The first kappa shape index (κ1) is 15.9. The van der Waals surface area contributed by atoms with Crippen LogP contribution in [0.5, 0.6) is 0 Å². The fraction of sp³-hybridized carbons (Fsp3) is 0.909. The van der Waals surface area contributed by atoms with Crippen LogP contribution in [-0.4, -0.2) is 25.2 Å². The molecule has 86 valence electrons. The SMILES string of the molecule is CC.CC.CC(=O)OCC1CCCN1. The van der Waals surface area contributed by atoms with Crippen LogP contribution in [-0.2, 0) is 9.53 Å². The van der Waals surface area contributed by atoms with Gasteiger partial charge in [-0.1, -0.05) is 27.7 Å². The number of carbonyl (C=O) groups is 1. The lowest BCUT2D eigenvalue weighted by Crippen LogP contribution is -2.27. The first-order chi connectivity index (χ1) is 6.79. The highest BCUT2D eigenvalue weighted by Crippen LogP contribution is 2.04. The third-order valence-electron chi connectivity index (χ3n) is 1.65. The van der Waals surface area contributed by atoms with Gasteiger partial charge in [-0.05, 0) is 19.4 Å². The van der Waals surface area contributed by atoms with E-state index in [1.165, 1.54) is 13.3 Å². The molecule has 0 saturated carbocycles. The highest BCUT2D eigenvalue weighted by molar-refractivity contribution is 5.65. The number of nitrogens with one attached hydrogen (secondary N) is 1. The van der Waals surface area contributed by atoms with Gasteiger partial charge in [0.2, 0.25) is 0 Å². The van der Waals surface area contributed by atoms with Gasteiger partial charge in [0.05, 0.1) is 0 Å². The molecular weight excluding hydrogens is 178 g/mol.